The Balaban J connectivity index is 2.68. The predicted octanol–water partition coefficient (Wildman–Crippen LogP) is 3.04. The fourth-order valence-electron chi connectivity index (χ4n) is 2.17. The van der Waals surface area contributed by atoms with Crippen LogP contribution in [0.4, 0.5) is 0 Å². The number of alkyl halides is 1. The van der Waals surface area contributed by atoms with Crippen LogP contribution in [0.25, 0.3) is 10.9 Å². The first kappa shape index (κ1) is 16.0. The zero-order chi connectivity index (χ0) is 15.8. The van der Waals surface area contributed by atoms with Gasteiger partial charge in [0.2, 0.25) is 0 Å². The van der Waals surface area contributed by atoms with Crippen molar-refractivity contribution in [2.75, 3.05) is 14.1 Å². The van der Waals surface area contributed by atoms with Crippen molar-refractivity contribution in [3.63, 3.8) is 0 Å². The maximum absolute atomic E-state index is 12.8. The molecule has 0 saturated carbocycles. The van der Waals surface area contributed by atoms with Crippen molar-refractivity contribution < 1.29 is 0 Å². The van der Waals surface area contributed by atoms with Gasteiger partial charge in [0.1, 0.15) is 5.82 Å². The van der Waals surface area contributed by atoms with Crippen molar-refractivity contribution in [1.82, 2.24) is 14.5 Å². The number of benzene rings is 1. The van der Waals surface area contributed by atoms with E-state index in [-0.39, 0.29) is 16.5 Å². The molecule has 0 radical (unpaired) electrons. The highest BCUT2D eigenvalue weighted by Gasteiger charge is 2.25. The van der Waals surface area contributed by atoms with Crippen LogP contribution >= 0.6 is 11.6 Å². The number of hydrogen-bond acceptors (Lipinski definition) is 3. The number of hydrogen-bond donors (Lipinski definition) is 0. The van der Waals surface area contributed by atoms with Crippen LogP contribution in [0.1, 0.15) is 32.0 Å². The highest BCUT2D eigenvalue weighted by Crippen LogP contribution is 2.21. The summed E-state index contributed by atoms with van der Waals surface area (Å²) in [7, 11) is 4.01. The van der Waals surface area contributed by atoms with Gasteiger partial charge in [0.15, 0.2) is 0 Å². The molecule has 0 N–H and O–H groups in total. The molecule has 5 heteroatoms. The molecular weight excluding hydrogens is 286 g/mol. The molecule has 2 aromatic rings. The predicted molar refractivity (Wildman–Crippen MR) is 88.0 cm³/mol. The van der Waals surface area contributed by atoms with Crippen LogP contribution in [0.3, 0.4) is 0 Å². The molecule has 114 valence electrons. The summed E-state index contributed by atoms with van der Waals surface area (Å²) in [5.74, 6) is 0.621. The van der Waals surface area contributed by atoms with Crippen LogP contribution in [0.5, 0.6) is 0 Å². The van der Waals surface area contributed by atoms with E-state index in [2.05, 4.69) is 23.7 Å². The fraction of sp³-hybridized carbons (Fsp3) is 0.500. The first-order chi connectivity index (χ1) is 9.74. The summed E-state index contributed by atoms with van der Waals surface area (Å²) in [4.78, 5) is 19.5. The molecule has 0 bridgehead atoms. The first-order valence-electron chi connectivity index (χ1n) is 7.05. The second-order valence-electron chi connectivity index (χ2n) is 6.20. The second-order valence-corrected chi connectivity index (χ2v) is 6.86. The Labute approximate surface area is 130 Å². The van der Waals surface area contributed by atoms with Crippen LogP contribution in [-0.4, -0.2) is 34.1 Å². The smallest absolute Gasteiger partial charge is 0.261 e. The van der Waals surface area contributed by atoms with Gasteiger partial charge in [-0.1, -0.05) is 12.1 Å². The molecule has 0 fully saturated rings. The van der Waals surface area contributed by atoms with E-state index in [1.54, 1.807) is 4.57 Å². The maximum Gasteiger partial charge on any atom is 0.261 e. The van der Waals surface area contributed by atoms with E-state index in [0.29, 0.717) is 23.3 Å². The van der Waals surface area contributed by atoms with Crippen LogP contribution in [-0.2, 0) is 6.54 Å². The topological polar surface area (TPSA) is 38.1 Å². The van der Waals surface area contributed by atoms with Crippen molar-refractivity contribution >= 4 is 22.5 Å². The number of para-hydroxylation sites is 1. The lowest BCUT2D eigenvalue weighted by atomic mass is 10.0. The summed E-state index contributed by atoms with van der Waals surface area (Å²) >= 11 is 6.25. The minimum absolute atomic E-state index is 0.0296. The summed E-state index contributed by atoms with van der Waals surface area (Å²) in [6, 6.07) is 7.40. The average Bonchev–Trinajstić information content (AvgIpc) is 2.41. The van der Waals surface area contributed by atoms with E-state index < -0.39 is 0 Å². The molecule has 0 saturated heterocycles. The van der Waals surface area contributed by atoms with Crippen molar-refractivity contribution in [2.45, 2.75) is 38.2 Å². The lowest BCUT2D eigenvalue weighted by Gasteiger charge is -2.34. The molecule has 21 heavy (non-hydrogen) atoms. The van der Waals surface area contributed by atoms with E-state index in [1.807, 2.05) is 45.3 Å². The van der Waals surface area contributed by atoms with Crippen molar-refractivity contribution in [3.8, 4) is 0 Å². The van der Waals surface area contributed by atoms with Gasteiger partial charge in [-0.2, -0.15) is 0 Å². The van der Waals surface area contributed by atoms with Gasteiger partial charge in [0.05, 0.1) is 16.3 Å². The average molecular weight is 308 g/mol. The summed E-state index contributed by atoms with van der Waals surface area (Å²) in [6.45, 7) is 6.58. The van der Waals surface area contributed by atoms with E-state index in [0.717, 1.165) is 0 Å². The Kier molecular flexibility index (Phi) is 4.40. The largest absolute Gasteiger partial charge is 0.302 e. The number of aromatic nitrogens is 2. The van der Waals surface area contributed by atoms with Gasteiger partial charge in [-0.25, -0.2) is 4.98 Å². The Morgan fingerprint density at radius 1 is 1.33 bits per heavy atom. The number of fused-ring (bicyclic) bond motifs is 1. The number of nitrogens with zero attached hydrogens (tertiary/aromatic N) is 3. The molecule has 1 aromatic heterocycles. The summed E-state index contributed by atoms with van der Waals surface area (Å²) in [5, 5.41) is 0.313. The molecule has 4 nitrogen and oxygen atoms in total. The molecule has 0 aliphatic heterocycles. The Hall–Kier alpha value is -1.39. The SMILES string of the molecule is CC(Cl)c1nc2ccccc2c(=O)n1CC(C)(C)N(C)C. The second kappa shape index (κ2) is 5.78. The van der Waals surface area contributed by atoms with E-state index in [9.17, 15) is 4.79 Å². The molecule has 0 aliphatic carbocycles. The summed E-state index contributed by atoms with van der Waals surface area (Å²) in [6.07, 6.45) is 0. The molecule has 0 amide bonds. The van der Waals surface area contributed by atoms with Gasteiger partial charge < -0.3 is 4.90 Å². The lowest BCUT2D eigenvalue weighted by molar-refractivity contribution is 0.166. The lowest BCUT2D eigenvalue weighted by Crippen LogP contribution is -2.45. The zero-order valence-electron chi connectivity index (χ0n) is 13.2. The third-order valence-electron chi connectivity index (χ3n) is 4.00. The molecule has 1 unspecified atom stereocenters. The maximum atomic E-state index is 12.8. The summed E-state index contributed by atoms with van der Waals surface area (Å²) < 4.78 is 1.71. The molecule has 1 aromatic carbocycles. The van der Waals surface area contributed by atoms with Crippen LogP contribution in [0, 0.1) is 0 Å². The standard InChI is InChI=1S/C16H22ClN3O/c1-11(17)14-18-13-9-7-6-8-12(13)15(21)20(14)10-16(2,3)19(4)5/h6-9,11H,10H2,1-5H3. The quantitative estimate of drug-likeness (QED) is 0.815. The molecule has 1 atom stereocenters. The Morgan fingerprint density at radius 3 is 2.52 bits per heavy atom. The van der Waals surface area contributed by atoms with Gasteiger partial charge >= 0.3 is 0 Å². The molecule has 0 spiro atoms. The fourth-order valence-corrected chi connectivity index (χ4v) is 2.34. The zero-order valence-corrected chi connectivity index (χ0v) is 14.0. The number of rotatable bonds is 4. The monoisotopic (exact) mass is 307 g/mol. The number of halogens is 1. The van der Waals surface area contributed by atoms with Crippen molar-refractivity contribution in [1.29, 1.82) is 0 Å². The number of likely N-dealkylation sites (N-methyl/N-ethyl adjacent to an activating group) is 1. The third-order valence-corrected chi connectivity index (χ3v) is 4.20. The van der Waals surface area contributed by atoms with Crippen LogP contribution in [0.2, 0.25) is 0 Å². The first-order valence-corrected chi connectivity index (χ1v) is 7.48. The highest BCUT2D eigenvalue weighted by atomic mass is 35.5. The van der Waals surface area contributed by atoms with Crippen LogP contribution in [0.15, 0.2) is 29.1 Å². The van der Waals surface area contributed by atoms with Gasteiger partial charge in [-0.15, -0.1) is 11.6 Å². The van der Waals surface area contributed by atoms with E-state index in [1.165, 1.54) is 0 Å². The minimum atomic E-state index is -0.319. The van der Waals surface area contributed by atoms with E-state index >= 15 is 0 Å². The minimum Gasteiger partial charge on any atom is -0.302 e. The molecular formula is C16H22ClN3O. The van der Waals surface area contributed by atoms with Gasteiger partial charge in [0, 0.05) is 12.1 Å². The Morgan fingerprint density at radius 2 is 1.95 bits per heavy atom. The van der Waals surface area contributed by atoms with Crippen molar-refractivity contribution in [3.05, 3.63) is 40.4 Å². The Bertz CT molecular complexity index is 704. The third kappa shape index (κ3) is 3.11. The van der Waals surface area contributed by atoms with Gasteiger partial charge in [0.25, 0.3) is 5.56 Å². The van der Waals surface area contributed by atoms with Crippen molar-refractivity contribution in [2.24, 2.45) is 0 Å². The van der Waals surface area contributed by atoms with Gasteiger partial charge in [-0.05, 0) is 47.0 Å². The molecule has 2 rings (SSSR count). The normalized spacial score (nSPS) is 13.9. The van der Waals surface area contributed by atoms with Gasteiger partial charge in [-0.3, -0.25) is 9.36 Å². The van der Waals surface area contributed by atoms with Crippen LogP contribution < -0.4 is 5.56 Å². The highest BCUT2D eigenvalue weighted by molar-refractivity contribution is 6.20. The summed E-state index contributed by atoms with van der Waals surface area (Å²) in [5.41, 5.74) is 0.496. The van der Waals surface area contributed by atoms with E-state index in [4.69, 9.17) is 11.6 Å². The molecule has 1 heterocycles. The molecule has 0 aliphatic rings.